The first-order valence-electron chi connectivity index (χ1n) is 10.1. The lowest BCUT2D eigenvalue weighted by Gasteiger charge is -2.20. The lowest BCUT2D eigenvalue weighted by atomic mass is 10.0. The van der Waals surface area contributed by atoms with Crippen molar-refractivity contribution in [2.45, 2.75) is 53.6 Å². The van der Waals surface area contributed by atoms with Crippen molar-refractivity contribution in [1.29, 1.82) is 0 Å². The second-order valence-electron chi connectivity index (χ2n) is 8.09. The highest BCUT2D eigenvalue weighted by Gasteiger charge is 2.20. The summed E-state index contributed by atoms with van der Waals surface area (Å²) in [6, 6.07) is 13.0. The van der Waals surface area contributed by atoms with Crippen molar-refractivity contribution in [3.63, 3.8) is 0 Å². The van der Waals surface area contributed by atoms with Crippen LogP contribution in [0.1, 0.15) is 62.0 Å². The van der Waals surface area contributed by atoms with Gasteiger partial charge in [0.15, 0.2) is 6.10 Å². The third-order valence-electron chi connectivity index (χ3n) is 4.56. The molecule has 156 valence electrons. The third-order valence-corrected chi connectivity index (χ3v) is 4.56. The van der Waals surface area contributed by atoms with E-state index >= 15 is 0 Å². The van der Waals surface area contributed by atoms with Crippen LogP contribution in [0.5, 0.6) is 5.75 Å². The molecule has 0 aliphatic heterocycles. The van der Waals surface area contributed by atoms with Crippen LogP contribution in [0, 0.1) is 12.8 Å². The minimum absolute atomic E-state index is 0.205. The van der Waals surface area contributed by atoms with Gasteiger partial charge in [0.1, 0.15) is 5.75 Å². The lowest BCUT2D eigenvalue weighted by molar-refractivity contribution is -0.122. The number of nitrogens with one attached hydrogen (secondary N) is 2. The van der Waals surface area contributed by atoms with Gasteiger partial charge in [0, 0.05) is 6.54 Å². The molecule has 29 heavy (non-hydrogen) atoms. The molecule has 1 atom stereocenters. The Labute approximate surface area is 173 Å². The normalized spacial score (nSPS) is 12.0. The Morgan fingerprint density at radius 2 is 1.69 bits per heavy atom. The molecule has 0 heterocycles. The minimum atomic E-state index is -0.707. The quantitative estimate of drug-likeness (QED) is 0.666. The standard InChI is InChI=1S/C24H32N2O3/c1-15(2)14-25-24(28)20-9-7-8-10-21(20)26-23(27)18(6)29-22-13-17(5)11-12-19(22)16(3)4/h7-13,15-16,18H,14H2,1-6H3,(H,25,28)(H,26,27)/t18-/m0/s1. The topological polar surface area (TPSA) is 67.4 Å². The van der Waals surface area contributed by atoms with Crippen LogP contribution >= 0.6 is 0 Å². The summed E-state index contributed by atoms with van der Waals surface area (Å²) in [5.41, 5.74) is 3.04. The Morgan fingerprint density at radius 3 is 2.34 bits per heavy atom. The van der Waals surface area contributed by atoms with E-state index in [9.17, 15) is 9.59 Å². The van der Waals surface area contributed by atoms with Gasteiger partial charge in [0.25, 0.3) is 11.8 Å². The summed E-state index contributed by atoms with van der Waals surface area (Å²) in [4.78, 5) is 25.2. The number of hydrogen-bond acceptors (Lipinski definition) is 3. The van der Waals surface area contributed by atoms with E-state index in [4.69, 9.17) is 4.74 Å². The number of amides is 2. The second-order valence-corrected chi connectivity index (χ2v) is 8.09. The molecular weight excluding hydrogens is 364 g/mol. The van der Waals surface area contributed by atoms with Crippen LogP contribution < -0.4 is 15.4 Å². The molecular formula is C24H32N2O3. The molecule has 0 bridgehead atoms. The van der Waals surface area contributed by atoms with Crippen molar-refractivity contribution in [2.75, 3.05) is 11.9 Å². The fourth-order valence-electron chi connectivity index (χ4n) is 2.88. The lowest BCUT2D eigenvalue weighted by Crippen LogP contribution is -2.32. The predicted octanol–water partition coefficient (Wildman–Crippen LogP) is 4.91. The summed E-state index contributed by atoms with van der Waals surface area (Å²) < 4.78 is 5.99. The van der Waals surface area contributed by atoms with Crippen LogP contribution in [-0.4, -0.2) is 24.5 Å². The summed E-state index contributed by atoms with van der Waals surface area (Å²) in [6.07, 6.45) is -0.707. The first-order chi connectivity index (χ1) is 13.7. The number of hydrogen-bond donors (Lipinski definition) is 2. The minimum Gasteiger partial charge on any atom is -0.481 e. The monoisotopic (exact) mass is 396 g/mol. The molecule has 0 saturated carbocycles. The average Bonchev–Trinajstić information content (AvgIpc) is 2.66. The zero-order valence-corrected chi connectivity index (χ0v) is 18.2. The van der Waals surface area contributed by atoms with Crippen molar-refractivity contribution in [1.82, 2.24) is 5.32 Å². The van der Waals surface area contributed by atoms with Gasteiger partial charge in [0.2, 0.25) is 0 Å². The molecule has 5 nitrogen and oxygen atoms in total. The highest BCUT2D eigenvalue weighted by atomic mass is 16.5. The van der Waals surface area contributed by atoms with Crippen LogP contribution in [0.25, 0.3) is 0 Å². The highest BCUT2D eigenvalue weighted by molar-refractivity contribution is 6.04. The third kappa shape index (κ3) is 6.34. The molecule has 2 aromatic carbocycles. The van der Waals surface area contributed by atoms with E-state index in [0.717, 1.165) is 11.1 Å². The van der Waals surface area contributed by atoms with E-state index in [1.165, 1.54) is 0 Å². The number of benzene rings is 2. The summed E-state index contributed by atoms with van der Waals surface area (Å²) in [6.45, 7) is 12.5. The molecule has 0 aliphatic rings. The van der Waals surface area contributed by atoms with Crippen molar-refractivity contribution in [2.24, 2.45) is 5.92 Å². The van der Waals surface area contributed by atoms with Crippen molar-refractivity contribution in [3.05, 3.63) is 59.2 Å². The summed E-state index contributed by atoms with van der Waals surface area (Å²) in [7, 11) is 0. The van der Waals surface area contributed by atoms with Gasteiger partial charge in [-0.15, -0.1) is 0 Å². The average molecular weight is 397 g/mol. The zero-order chi connectivity index (χ0) is 21.6. The number of anilines is 1. The Hall–Kier alpha value is -2.82. The Kier molecular flexibility index (Phi) is 7.82. The predicted molar refractivity (Wildman–Crippen MR) is 118 cm³/mol. The molecule has 2 rings (SSSR count). The smallest absolute Gasteiger partial charge is 0.265 e. The van der Waals surface area contributed by atoms with Gasteiger partial charge in [-0.25, -0.2) is 0 Å². The maximum Gasteiger partial charge on any atom is 0.265 e. The van der Waals surface area contributed by atoms with Gasteiger partial charge in [-0.3, -0.25) is 9.59 Å². The van der Waals surface area contributed by atoms with E-state index < -0.39 is 6.10 Å². The van der Waals surface area contributed by atoms with Gasteiger partial charge in [0.05, 0.1) is 11.3 Å². The first-order valence-corrected chi connectivity index (χ1v) is 10.1. The van der Waals surface area contributed by atoms with Crippen LogP contribution in [0.4, 0.5) is 5.69 Å². The molecule has 2 amide bonds. The SMILES string of the molecule is Cc1ccc(C(C)C)c(O[C@@H](C)C(=O)Nc2ccccc2C(=O)NCC(C)C)c1. The van der Waals surface area contributed by atoms with E-state index in [1.54, 1.807) is 31.2 Å². The van der Waals surface area contributed by atoms with Crippen LogP contribution in [0.15, 0.2) is 42.5 Å². The van der Waals surface area contributed by atoms with E-state index in [1.807, 2.05) is 39.0 Å². The first kappa shape index (κ1) is 22.5. The van der Waals surface area contributed by atoms with E-state index in [2.05, 4.69) is 24.5 Å². The summed E-state index contributed by atoms with van der Waals surface area (Å²) >= 11 is 0. The molecule has 0 spiro atoms. The number of aryl methyl sites for hydroxylation is 1. The highest BCUT2D eigenvalue weighted by Crippen LogP contribution is 2.28. The fourth-order valence-corrected chi connectivity index (χ4v) is 2.88. The summed E-state index contributed by atoms with van der Waals surface area (Å²) in [5.74, 6) is 0.838. The van der Waals surface area contributed by atoms with Crippen molar-refractivity contribution >= 4 is 17.5 Å². The summed E-state index contributed by atoms with van der Waals surface area (Å²) in [5, 5.41) is 5.72. The Bertz CT molecular complexity index is 859. The number of carbonyl (C=O) groups is 2. The molecule has 2 N–H and O–H groups in total. The van der Waals surface area contributed by atoms with Crippen molar-refractivity contribution in [3.8, 4) is 5.75 Å². The van der Waals surface area contributed by atoms with Gasteiger partial charge >= 0.3 is 0 Å². The van der Waals surface area contributed by atoms with E-state index in [0.29, 0.717) is 29.5 Å². The molecule has 2 aromatic rings. The molecule has 5 heteroatoms. The van der Waals surface area contributed by atoms with Crippen LogP contribution in [-0.2, 0) is 4.79 Å². The van der Waals surface area contributed by atoms with Crippen molar-refractivity contribution < 1.29 is 14.3 Å². The maximum absolute atomic E-state index is 12.8. The number of para-hydroxylation sites is 1. The number of ether oxygens (including phenoxy) is 1. The van der Waals surface area contributed by atoms with Crippen LogP contribution in [0.2, 0.25) is 0 Å². The van der Waals surface area contributed by atoms with Crippen LogP contribution in [0.3, 0.4) is 0 Å². The molecule has 0 fully saturated rings. The number of rotatable bonds is 8. The van der Waals surface area contributed by atoms with Gasteiger partial charge in [-0.2, -0.15) is 0 Å². The Balaban J connectivity index is 2.13. The fraction of sp³-hybridized carbons (Fsp3) is 0.417. The van der Waals surface area contributed by atoms with E-state index in [-0.39, 0.29) is 17.7 Å². The molecule has 0 unspecified atom stereocenters. The molecule has 0 aromatic heterocycles. The zero-order valence-electron chi connectivity index (χ0n) is 18.2. The van der Waals surface area contributed by atoms with Gasteiger partial charge < -0.3 is 15.4 Å². The molecule has 0 aliphatic carbocycles. The largest absolute Gasteiger partial charge is 0.481 e. The molecule has 0 radical (unpaired) electrons. The Morgan fingerprint density at radius 1 is 1.00 bits per heavy atom. The van der Waals surface area contributed by atoms with Gasteiger partial charge in [-0.05, 0) is 55.0 Å². The molecule has 0 saturated heterocycles. The second kappa shape index (κ2) is 10.1. The number of carbonyl (C=O) groups excluding carboxylic acids is 2. The van der Waals surface area contributed by atoms with Gasteiger partial charge in [-0.1, -0.05) is 52.0 Å². The maximum atomic E-state index is 12.8.